The number of methoxy groups -OCH3 is 2. The van der Waals surface area contributed by atoms with Crippen LogP contribution in [0.3, 0.4) is 0 Å². The van der Waals surface area contributed by atoms with Gasteiger partial charge in [-0.2, -0.15) is 0 Å². The number of nitrogens with zero attached hydrogens (tertiary/aromatic N) is 1. The third kappa shape index (κ3) is 4.62. The van der Waals surface area contributed by atoms with Gasteiger partial charge < -0.3 is 20.1 Å². The van der Waals surface area contributed by atoms with Crippen molar-refractivity contribution in [2.45, 2.75) is 6.92 Å². The molecular weight excluding hydrogens is 454 g/mol. The van der Waals surface area contributed by atoms with Crippen molar-refractivity contribution in [1.82, 2.24) is 10.2 Å². The molecule has 8 nitrogen and oxygen atoms in total. The number of imide groups is 1. The maximum absolute atomic E-state index is 12.7. The van der Waals surface area contributed by atoms with E-state index in [1.807, 2.05) is 19.1 Å². The van der Waals surface area contributed by atoms with E-state index in [1.54, 1.807) is 24.3 Å². The zero-order valence-electron chi connectivity index (χ0n) is 16.6. The normalized spacial score (nSPS) is 14.7. The second-order valence-electron chi connectivity index (χ2n) is 6.52. The number of halogens is 1. The number of benzene rings is 2. The number of ether oxygens (including phenoxy) is 2. The Morgan fingerprint density at radius 1 is 1.13 bits per heavy atom. The Kier molecular flexibility index (Phi) is 6.41. The van der Waals surface area contributed by atoms with E-state index in [1.165, 1.54) is 20.3 Å². The van der Waals surface area contributed by atoms with Gasteiger partial charge in [-0.05, 0) is 47.1 Å². The topological polar surface area (TPSA) is 97.0 Å². The zero-order valence-corrected chi connectivity index (χ0v) is 18.2. The van der Waals surface area contributed by atoms with Gasteiger partial charge in [-0.15, -0.1) is 0 Å². The summed E-state index contributed by atoms with van der Waals surface area (Å²) in [5.41, 5.74) is 2.23. The standard InChI is InChI=1S/C21H20BrN3O5/c1-12-4-6-14(7-5-12)23-19(26)11-25-20(27)16(24-21(25)28)9-13-8-15(22)18(30-3)10-17(13)29-2/h4-10H,11H2,1-3H3,(H,23,26)(H,24,28). The first-order chi connectivity index (χ1) is 14.3. The van der Waals surface area contributed by atoms with E-state index in [-0.39, 0.29) is 5.70 Å². The number of rotatable bonds is 6. The molecular formula is C21H20BrN3O5. The number of carbonyl (C=O) groups excluding carboxylic acids is 3. The SMILES string of the molecule is COc1cc(OC)c(C=C2NC(=O)N(CC(=O)Nc3ccc(C)cc3)C2=O)cc1Br. The summed E-state index contributed by atoms with van der Waals surface area (Å²) in [6.45, 7) is 1.53. The van der Waals surface area contributed by atoms with E-state index < -0.39 is 24.4 Å². The summed E-state index contributed by atoms with van der Waals surface area (Å²) in [7, 11) is 3.01. The molecule has 0 unspecified atom stereocenters. The minimum absolute atomic E-state index is 0.0403. The van der Waals surface area contributed by atoms with Crippen LogP contribution in [0, 0.1) is 6.92 Å². The average Bonchev–Trinajstić information content (AvgIpc) is 2.97. The van der Waals surface area contributed by atoms with Crippen molar-refractivity contribution in [3.05, 3.63) is 57.7 Å². The number of nitrogens with one attached hydrogen (secondary N) is 2. The van der Waals surface area contributed by atoms with Crippen molar-refractivity contribution < 1.29 is 23.9 Å². The lowest BCUT2D eigenvalue weighted by molar-refractivity contribution is -0.127. The van der Waals surface area contributed by atoms with Gasteiger partial charge in [-0.25, -0.2) is 9.69 Å². The summed E-state index contributed by atoms with van der Waals surface area (Å²) in [6.07, 6.45) is 1.49. The average molecular weight is 474 g/mol. The summed E-state index contributed by atoms with van der Waals surface area (Å²) in [4.78, 5) is 38.1. The third-order valence-corrected chi connectivity index (χ3v) is 5.02. The van der Waals surface area contributed by atoms with Crippen molar-refractivity contribution in [2.24, 2.45) is 0 Å². The van der Waals surface area contributed by atoms with E-state index >= 15 is 0 Å². The lowest BCUT2D eigenvalue weighted by Gasteiger charge is -2.12. The summed E-state index contributed by atoms with van der Waals surface area (Å²) in [5, 5.41) is 5.16. The Morgan fingerprint density at radius 2 is 1.80 bits per heavy atom. The lowest BCUT2D eigenvalue weighted by atomic mass is 10.1. The van der Waals surface area contributed by atoms with Crippen LogP contribution in [0.2, 0.25) is 0 Å². The molecule has 0 radical (unpaired) electrons. The maximum Gasteiger partial charge on any atom is 0.329 e. The molecule has 4 amide bonds. The highest BCUT2D eigenvalue weighted by atomic mass is 79.9. The highest BCUT2D eigenvalue weighted by molar-refractivity contribution is 9.10. The molecule has 3 rings (SSSR count). The first kappa shape index (κ1) is 21.4. The second kappa shape index (κ2) is 9.00. The number of aryl methyl sites for hydroxylation is 1. The molecule has 2 aromatic rings. The van der Waals surface area contributed by atoms with Crippen molar-refractivity contribution in [3.8, 4) is 11.5 Å². The summed E-state index contributed by atoms with van der Waals surface area (Å²) in [6, 6.07) is 9.89. The fraction of sp³-hybridized carbons (Fsp3) is 0.190. The number of amides is 4. The minimum atomic E-state index is -0.670. The van der Waals surface area contributed by atoms with Gasteiger partial charge in [0, 0.05) is 17.3 Å². The summed E-state index contributed by atoms with van der Waals surface area (Å²) >= 11 is 3.38. The molecule has 2 N–H and O–H groups in total. The molecule has 2 aromatic carbocycles. The highest BCUT2D eigenvalue weighted by Gasteiger charge is 2.35. The number of carbonyl (C=O) groups is 3. The monoisotopic (exact) mass is 473 g/mol. The van der Waals surface area contributed by atoms with Gasteiger partial charge >= 0.3 is 6.03 Å². The molecule has 0 bridgehead atoms. The van der Waals surface area contributed by atoms with Gasteiger partial charge in [-0.1, -0.05) is 17.7 Å². The Morgan fingerprint density at radius 3 is 2.43 bits per heavy atom. The predicted octanol–water partition coefficient (Wildman–Crippen LogP) is 3.31. The molecule has 9 heteroatoms. The van der Waals surface area contributed by atoms with Crippen LogP contribution >= 0.6 is 15.9 Å². The first-order valence-corrected chi connectivity index (χ1v) is 9.74. The Balaban J connectivity index is 1.76. The van der Waals surface area contributed by atoms with Crippen LogP contribution in [-0.2, 0) is 9.59 Å². The lowest BCUT2D eigenvalue weighted by Crippen LogP contribution is -2.38. The molecule has 0 aliphatic carbocycles. The van der Waals surface area contributed by atoms with Gasteiger partial charge in [0.1, 0.15) is 23.7 Å². The van der Waals surface area contributed by atoms with Gasteiger partial charge in [0.25, 0.3) is 5.91 Å². The summed E-state index contributed by atoms with van der Waals surface area (Å²) < 4.78 is 11.2. The number of hydrogen-bond donors (Lipinski definition) is 2. The van der Waals surface area contributed by atoms with Crippen LogP contribution in [0.15, 0.2) is 46.6 Å². The van der Waals surface area contributed by atoms with Gasteiger partial charge in [0.15, 0.2) is 0 Å². The smallest absolute Gasteiger partial charge is 0.329 e. The van der Waals surface area contributed by atoms with E-state index in [0.29, 0.717) is 27.2 Å². The maximum atomic E-state index is 12.7. The fourth-order valence-electron chi connectivity index (χ4n) is 2.85. The number of anilines is 1. The largest absolute Gasteiger partial charge is 0.496 e. The van der Waals surface area contributed by atoms with Crippen LogP contribution in [0.4, 0.5) is 10.5 Å². The third-order valence-electron chi connectivity index (χ3n) is 4.40. The van der Waals surface area contributed by atoms with Crippen molar-refractivity contribution >= 4 is 45.5 Å². The molecule has 0 saturated carbocycles. The Hall–Kier alpha value is -3.33. The van der Waals surface area contributed by atoms with Crippen LogP contribution in [0.5, 0.6) is 11.5 Å². The molecule has 0 atom stereocenters. The Labute approximate surface area is 182 Å². The van der Waals surface area contributed by atoms with Crippen molar-refractivity contribution in [3.63, 3.8) is 0 Å². The highest BCUT2D eigenvalue weighted by Crippen LogP contribution is 2.34. The molecule has 0 aromatic heterocycles. The summed E-state index contributed by atoms with van der Waals surface area (Å²) in [5.74, 6) is -0.0632. The van der Waals surface area contributed by atoms with E-state index in [2.05, 4.69) is 26.6 Å². The zero-order chi connectivity index (χ0) is 21.8. The molecule has 1 saturated heterocycles. The molecule has 156 valence electrons. The first-order valence-electron chi connectivity index (χ1n) is 8.95. The fourth-order valence-corrected chi connectivity index (χ4v) is 3.37. The molecule has 1 aliphatic heterocycles. The van der Waals surface area contributed by atoms with Gasteiger partial charge in [-0.3, -0.25) is 9.59 Å². The van der Waals surface area contributed by atoms with Crippen molar-refractivity contribution in [2.75, 3.05) is 26.1 Å². The van der Waals surface area contributed by atoms with Crippen LogP contribution in [0.25, 0.3) is 6.08 Å². The predicted molar refractivity (Wildman–Crippen MR) is 115 cm³/mol. The molecule has 30 heavy (non-hydrogen) atoms. The Bertz CT molecular complexity index is 1030. The molecule has 1 heterocycles. The van der Waals surface area contributed by atoms with E-state index in [9.17, 15) is 14.4 Å². The van der Waals surface area contributed by atoms with Gasteiger partial charge in [0.05, 0.1) is 18.7 Å². The van der Waals surface area contributed by atoms with E-state index in [0.717, 1.165) is 10.5 Å². The van der Waals surface area contributed by atoms with Crippen LogP contribution in [0.1, 0.15) is 11.1 Å². The number of urea groups is 1. The molecule has 1 fully saturated rings. The minimum Gasteiger partial charge on any atom is -0.496 e. The van der Waals surface area contributed by atoms with Crippen LogP contribution in [-0.4, -0.2) is 43.5 Å². The van der Waals surface area contributed by atoms with Crippen LogP contribution < -0.4 is 20.1 Å². The second-order valence-corrected chi connectivity index (χ2v) is 7.38. The molecule has 1 aliphatic rings. The quantitative estimate of drug-likeness (QED) is 0.495. The van der Waals surface area contributed by atoms with Gasteiger partial charge in [0.2, 0.25) is 5.91 Å². The van der Waals surface area contributed by atoms with Crippen molar-refractivity contribution in [1.29, 1.82) is 0 Å². The molecule has 0 spiro atoms. The van der Waals surface area contributed by atoms with E-state index in [4.69, 9.17) is 9.47 Å². The number of hydrogen-bond acceptors (Lipinski definition) is 5.